The number of ether oxygens (including phenoxy) is 1. The van der Waals surface area contributed by atoms with Gasteiger partial charge in [-0.3, -0.25) is 29.0 Å². The number of esters is 1. The molecule has 6 rings (SSSR count). The van der Waals surface area contributed by atoms with Crippen LogP contribution in [0.5, 0.6) is 0 Å². The number of nitrogens with two attached hydrogens (primary N) is 1. The molecule has 0 aliphatic carbocycles. The number of urea groups is 1. The van der Waals surface area contributed by atoms with Gasteiger partial charge in [0.25, 0.3) is 5.91 Å². The zero-order valence-corrected chi connectivity index (χ0v) is 27.3. The summed E-state index contributed by atoms with van der Waals surface area (Å²) >= 11 is 1.36. The molecule has 0 saturated carbocycles. The van der Waals surface area contributed by atoms with Crippen molar-refractivity contribution in [2.45, 2.75) is 30.5 Å². The Balaban J connectivity index is 1.16. The van der Waals surface area contributed by atoms with Crippen molar-refractivity contribution in [2.24, 2.45) is 0 Å². The van der Waals surface area contributed by atoms with Crippen molar-refractivity contribution in [1.29, 1.82) is 0 Å². The minimum Gasteiger partial charge on any atom is -0.448 e. The molecule has 6 amide bonds. The maximum absolute atomic E-state index is 13.8. The molecule has 3 aliphatic rings. The lowest BCUT2D eigenvalue weighted by Gasteiger charge is -2.48. The predicted octanol–water partition coefficient (Wildman–Crippen LogP) is 2.33. The average Bonchev–Trinajstić information content (AvgIpc) is 3.13. The molecule has 0 unspecified atom stereocenters. The number of benzene rings is 3. The highest BCUT2D eigenvalue weighted by molar-refractivity contribution is 8.00. The minimum absolute atomic E-state index is 0.0459. The molecule has 2 saturated heterocycles. The normalized spacial score (nSPS) is 19.4. The lowest BCUT2D eigenvalue weighted by atomic mass is 10.0. The molecule has 2 fully saturated rings. The van der Waals surface area contributed by atoms with Gasteiger partial charge in [-0.1, -0.05) is 72.8 Å². The molecule has 0 radical (unpaired) electrons. The third kappa shape index (κ3) is 6.72. The maximum Gasteiger partial charge on any atom is 0.355 e. The van der Waals surface area contributed by atoms with Gasteiger partial charge in [-0.25, -0.2) is 9.59 Å². The predicted molar refractivity (Wildman–Crippen MR) is 180 cm³/mol. The Morgan fingerprint density at radius 3 is 2.12 bits per heavy atom. The standard InChI is InChI=1S/C35H34N6O7S/c1-2-39-18-19-40(32(45)31(39)44)35(47)38-26(21-13-15-24(36)16-14-21)29(42)37-27-30(43)41-25(17-20-49-33(27)41)34(46)48-28(22-9-5-3-6-10-22)23-11-7-4-8-12-23/h3-17,26-28,33H,2,18-20,36H2,1H3,(H,37,42)(H,38,47)/t26-,27-,33+/m1/s1. The van der Waals surface area contributed by atoms with Crippen LogP contribution in [0.15, 0.2) is 96.7 Å². The van der Waals surface area contributed by atoms with Crippen molar-refractivity contribution in [1.82, 2.24) is 25.3 Å². The number of hydrogen-bond acceptors (Lipinski definition) is 9. The minimum atomic E-state index is -1.34. The zero-order chi connectivity index (χ0) is 34.7. The third-order valence-electron chi connectivity index (χ3n) is 8.52. The second-order valence-electron chi connectivity index (χ2n) is 11.5. The van der Waals surface area contributed by atoms with Gasteiger partial charge in [0.1, 0.15) is 23.2 Å². The lowest BCUT2D eigenvalue weighted by Crippen LogP contribution is -2.71. The number of carbonyl (C=O) groups excluding carboxylic acids is 6. The Kier molecular flexibility index (Phi) is 9.67. The van der Waals surface area contributed by atoms with Crippen molar-refractivity contribution in [2.75, 3.05) is 31.1 Å². The van der Waals surface area contributed by atoms with Gasteiger partial charge in [0.05, 0.1) is 0 Å². The van der Waals surface area contributed by atoms with Crippen LogP contribution in [-0.4, -0.2) is 87.1 Å². The van der Waals surface area contributed by atoms with Crippen molar-refractivity contribution in [3.8, 4) is 0 Å². The summed E-state index contributed by atoms with van der Waals surface area (Å²) in [6.07, 6.45) is 0.910. The molecule has 3 heterocycles. The van der Waals surface area contributed by atoms with E-state index in [0.717, 1.165) is 16.0 Å². The first-order chi connectivity index (χ1) is 23.7. The number of thioether (sulfide) groups is 1. The van der Waals surface area contributed by atoms with Crippen molar-refractivity contribution in [3.63, 3.8) is 0 Å². The van der Waals surface area contributed by atoms with E-state index in [4.69, 9.17) is 10.5 Å². The van der Waals surface area contributed by atoms with E-state index in [2.05, 4.69) is 10.6 Å². The maximum atomic E-state index is 13.8. The van der Waals surface area contributed by atoms with Crippen molar-refractivity contribution < 1.29 is 33.5 Å². The Labute approximate surface area is 286 Å². The first-order valence-electron chi connectivity index (χ1n) is 15.7. The summed E-state index contributed by atoms with van der Waals surface area (Å²) in [6, 6.07) is 21.4. The number of nitrogens with one attached hydrogen (secondary N) is 2. The van der Waals surface area contributed by atoms with Crippen LogP contribution in [0.3, 0.4) is 0 Å². The Bertz CT molecular complexity index is 1760. The van der Waals surface area contributed by atoms with E-state index in [1.807, 2.05) is 60.7 Å². The Hall–Kier alpha value is -5.63. The summed E-state index contributed by atoms with van der Waals surface area (Å²) in [4.78, 5) is 82.7. The fraction of sp³-hybridized carbons (Fsp3) is 0.257. The average molecular weight is 683 g/mol. The molecule has 14 heteroatoms. The number of nitrogens with zero attached hydrogens (tertiary/aromatic N) is 3. The molecule has 13 nitrogen and oxygen atoms in total. The molecule has 0 aromatic heterocycles. The molecular formula is C35H34N6O7S. The van der Waals surface area contributed by atoms with Gasteiger partial charge >= 0.3 is 23.8 Å². The number of β-lactam (4-membered cyclic amide) rings is 1. The smallest absolute Gasteiger partial charge is 0.355 e. The van der Waals surface area contributed by atoms with E-state index in [-0.39, 0.29) is 18.8 Å². The number of piperazine rings is 1. The van der Waals surface area contributed by atoms with Gasteiger partial charge in [0, 0.05) is 31.1 Å². The number of nitrogen functional groups attached to an aromatic ring is 1. The first kappa shape index (κ1) is 33.3. The number of anilines is 1. The summed E-state index contributed by atoms with van der Waals surface area (Å²) in [5.41, 5.74) is 8.20. The van der Waals surface area contributed by atoms with Crippen LogP contribution in [-0.2, 0) is 28.7 Å². The van der Waals surface area contributed by atoms with Crippen LogP contribution in [0.4, 0.5) is 10.5 Å². The molecular weight excluding hydrogens is 648 g/mol. The van der Waals surface area contributed by atoms with Gasteiger partial charge in [0.15, 0.2) is 6.10 Å². The molecule has 49 heavy (non-hydrogen) atoms. The SMILES string of the molecule is CCN1CCN(C(=O)N[C@@H](C(=O)N[C@@H]2C(=O)N3C(C(=O)OC(c4ccccc4)c4ccccc4)=CCS[C@@H]23)c2ccc(N)cc2)C(=O)C1=O. The van der Waals surface area contributed by atoms with E-state index < -0.39 is 59.2 Å². The van der Waals surface area contributed by atoms with Crippen LogP contribution >= 0.6 is 11.8 Å². The zero-order valence-electron chi connectivity index (χ0n) is 26.5. The summed E-state index contributed by atoms with van der Waals surface area (Å²) in [7, 11) is 0. The lowest BCUT2D eigenvalue weighted by molar-refractivity contribution is -0.154. The van der Waals surface area contributed by atoms with Crippen LogP contribution in [0.2, 0.25) is 0 Å². The van der Waals surface area contributed by atoms with E-state index in [1.54, 1.807) is 37.3 Å². The summed E-state index contributed by atoms with van der Waals surface area (Å²) in [5.74, 6) is -3.37. The highest BCUT2D eigenvalue weighted by Crippen LogP contribution is 2.39. The summed E-state index contributed by atoms with van der Waals surface area (Å²) in [5, 5.41) is 4.66. The first-order valence-corrected chi connectivity index (χ1v) is 16.8. The summed E-state index contributed by atoms with van der Waals surface area (Å²) in [6.45, 7) is 2.16. The van der Waals surface area contributed by atoms with Crippen LogP contribution < -0.4 is 16.4 Å². The number of amides is 6. The van der Waals surface area contributed by atoms with E-state index in [0.29, 0.717) is 23.5 Å². The molecule has 3 atom stereocenters. The Morgan fingerprint density at radius 1 is 0.878 bits per heavy atom. The molecule has 252 valence electrons. The van der Waals surface area contributed by atoms with Crippen LogP contribution in [0, 0.1) is 0 Å². The Morgan fingerprint density at radius 2 is 1.51 bits per heavy atom. The number of likely N-dealkylation sites (N-methyl/N-ethyl adjacent to an activating group) is 1. The van der Waals surface area contributed by atoms with E-state index in [9.17, 15) is 28.8 Å². The largest absolute Gasteiger partial charge is 0.448 e. The van der Waals surface area contributed by atoms with Crippen LogP contribution in [0.25, 0.3) is 0 Å². The molecule has 3 aliphatic heterocycles. The number of hydrogen-bond donors (Lipinski definition) is 3. The fourth-order valence-electron chi connectivity index (χ4n) is 5.88. The second-order valence-corrected chi connectivity index (χ2v) is 12.7. The quantitative estimate of drug-likeness (QED) is 0.133. The molecule has 3 aromatic carbocycles. The molecule has 0 spiro atoms. The fourth-order valence-corrected chi connectivity index (χ4v) is 7.07. The van der Waals surface area contributed by atoms with E-state index in [1.165, 1.54) is 21.6 Å². The van der Waals surface area contributed by atoms with Gasteiger partial charge in [0.2, 0.25) is 5.91 Å². The van der Waals surface area contributed by atoms with Crippen molar-refractivity contribution >= 4 is 53.1 Å². The third-order valence-corrected chi connectivity index (χ3v) is 9.70. The van der Waals surface area contributed by atoms with Crippen LogP contribution in [0.1, 0.15) is 35.8 Å². The molecule has 4 N–H and O–H groups in total. The highest BCUT2D eigenvalue weighted by Gasteiger charge is 2.53. The van der Waals surface area contributed by atoms with Gasteiger partial charge in [-0.05, 0) is 41.8 Å². The van der Waals surface area contributed by atoms with Gasteiger partial charge in [-0.15, -0.1) is 11.8 Å². The number of fused-ring (bicyclic) bond motifs is 1. The molecule has 3 aromatic rings. The number of rotatable bonds is 9. The highest BCUT2D eigenvalue weighted by atomic mass is 32.2. The number of carbonyl (C=O) groups is 6. The van der Waals surface area contributed by atoms with Crippen molar-refractivity contribution in [3.05, 3.63) is 113 Å². The topological polar surface area (TPSA) is 171 Å². The second kappa shape index (κ2) is 14.2. The van der Waals surface area contributed by atoms with Gasteiger partial charge < -0.3 is 26.0 Å². The number of imide groups is 1. The molecule has 0 bridgehead atoms. The van der Waals surface area contributed by atoms with Gasteiger partial charge in [-0.2, -0.15) is 0 Å². The monoisotopic (exact) mass is 682 g/mol. The van der Waals surface area contributed by atoms with E-state index >= 15 is 0 Å². The summed E-state index contributed by atoms with van der Waals surface area (Å²) < 4.78 is 6.00.